The molecular weight excluding hydrogens is 495 g/mol. The van der Waals surface area contributed by atoms with Crippen molar-refractivity contribution in [2.75, 3.05) is 30.3 Å². The number of nitrogens with zero attached hydrogens (tertiary/aromatic N) is 4. The normalized spacial score (nSPS) is 20.3. The lowest BCUT2D eigenvalue weighted by Crippen LogP contribution is -2.54. The van der Waals surface area contributed by atoms with E-state index in [2.05, 4.69) is 36.1 Å². The van der Waals surface area contributed by atoms with Crippen molar-refractivity contribution in [2.24, 2.45) is 0 Å². The van der Waals surface area contributed by atoms with E-state index in [0.29, 0.717) is 29.7 Å². The zero-order valence-electron chi connectivity index (χ0n) is 21.3. The predicted molar refractivity (Wildman–Crippen MR) is 142 cm³/mol. The van der Waals surface area contributed by atoms with Gasteiger partial charge in [-0.05, 0) is 82.2 Å². The van der Waals surface area contributed by atoms with E-state index in [0.717, 1.165) is 49.0 Å². The summed E-state index contributed by atoms with van der Waals surface area (Å²) >= 11 is 6.24. The van der Waals surface area contributed by atoms with Crippen molar-refractivity contribution >= 4 is 40.8 Å². The lowest BCUT2D eigenvalue weighted by molar-refractivity contribution is -0.138. The predicted octanol–water partition coefficient (Wildman–Crippen LogP) is 4.94. The molecule has 1 amide bonds. The van der Waals surface area contributed by atoms with E-state index in [1.165, 1.54) is 6.20 Å². The van der Waals surface area contributed by atoms with E-state index in [1.807, 2.05) is 31.7 Å². The smallest absolute Gasteiger partial charge is 0.242 e. The Hall–Kier alpha value is -3.24. The van der Waals surface area contributed by atoms with Gasteiger partial charge in [0.2, 0.25) is 11.9 Å². The van der Waals surface area contributed by atoms with Crippen LogP contribution >= 0.6 is 11.6 Å². The Balaban J connectivity index is 1.26. The summed E-state index contributed by atoms with van der Waals surface area (Å²) in [5.74, 6) is 1.16. The van der Waals surface area contributed by atoms with Gasteiger partial charge >= 0.3 is 0 Å². The molecule has 1 atom stereocenters. The molecule has 1 unspecified atom stereocenters. The van der Waals surface area contributed by atoms with Crippen molar-refractivity contribution < 1.29 is 9.18 Å². The summed E-state index contributed by atoms with van der Waals surface area (Å²) in [5, 5.41) is 16.7. The zero-order chi connectivity index (χ0) is 26.2. The SMILES string of the molecule is Cc1cc(Nc2nc(Nc3cc(C)c(C4CCN(C(=O)C5(C)CCCN5)CC4)cc3F)ncc2Cl)n[nH]1. The molecule has 0 radical (unpaired) electrons. The molecule has 0 aliphatic carbocycles. The second-order valence-corrected chi connectivity index (χ2v) is 10.6. The molecule has 4 heterocycles. The van der Waals surface area contributed by atoms with E-state index < -0.39 is 5.54 Å². The molecule has 196 valence electrons. The molecule has 3 aromatic rings. The number of piperidine rings is 1. The van der Waals surface area contributed by atoms with Crippen molar-refractivity contribution in [1.82, 2.24) is 30.4 Å². The van der Waals surface area contributed by atoms with Crippen LogP contribution in [-0.2, 0) is 4.79 Å². The van der Waals surface area contributed by atoms with Crippen LogP contribution in [0.3, 0.4) is 0 Å². The van der Waals surface area contributed by atoms with Gasteiger partial charge in [-0.3, -0.25) is 9.89 Å². The van der Waals surface area contributed by atoms with Gasteiger partial charge in [-0.15, -0.1) is 0 Å². The second-order valence-electron chi connectivity index (χ2n) is 10.2. The first-order chi connectivity index (χ1) is 17.7. The Morgan fingerprint density at radius 2 is 2.00 bits per heavy atom. The van der Waals surface area contributed by atoms with Crippen LogP contribution in [0.5, 0.6) is 0 Å². The Morgan fingerprint density at radius 3 is 2.68 bits per heavy atom. The van der Waals surface area contributed by atoms with E-state index in [9.17, 15) is 4.79 Å². The van der Waals surface area contributed by atoms with E-state index >= 15 is 4.39 Å². The minimum atomic E-state index is -0.446. The van der Waals surface area contributed by atoms with Crippen molar-refractivity contribution in [3.05, 3.63) is 52.1 Å². The van der Waals surface area contributed by atoms with E-state index in [4.69, 9.17) is 11.6 Å². The number of halogens is 2. The summed E-state index contributed by atoms with van der Waals surface area (Å²) in [4.78, 5) is 23.6. The van der Waals surface area contributed by atoms with Gasteiger partial charge < -0.3 is 20.9 Å². The average molecular weight is 527 g/mol. The molecule has 2 aliphatic rings. The minimum Gasteiger partial charge on any atom is -0.341 e. The quantitative estimate of drug-likeness (QED) is 0.360. The van der Waals surface area contributed by atoms with E-state index in [-0.39, 0.29) is 29.3 Å². The number of nitrogens with one attached hydrogen (secondary N) is 4. The first-order valence-electron chi connectivity index (χ1n) is 12.6. The summed E-state index contributed by atoms with van der Waals surface area (Å²) in [6.07, 6.45) is 4.99. The van der Waals surface area contributed by atoms with Gasteiger partial charge in [0.15, 0.2) is 11.6 Å². The summed E-state index contributed by atoms with van der Waals surface area (Å²) in [5.41, 5.74) is 2.70. The van der Waals surface area contributed by atoms with Crippen molar-refractivity contribution in [3.8, 4) is 0 Å². The van der Waals surface area contributed by atoms with Crippen LogP contribution in [0.2, 0.25) is 5.02 Å². The maximum atomic E-state index is 15.2. The topological polar surface area (TPSA) is 111 Å². The lowest BCUT2D eigenvalue weighted by Gasteiger charge is -2.37. The number of rotatable bonds is 6. The van der Waals surface area contributed by atoms with Crippen LogP contribution in [0, 0.1) is 19.7 Å². The Bertz CT molecular complexity index is 1300. The number of anilines is 4. The molecule has 2 aromatic heterocycles. The van der Waals surface area contributed by atoms with Gasteiger partial charge in [0, 0.05) is 24.8 Å². The van der Waals surface area contributed by atoms with Crippen LogP contribution in [0.25, 0.3) is 0 Å². The van der Waals surface area contributed by atoms with Crippen LogP contribution in [-0.4, -0.2) is 56.1 Å². The molecule has 0 bridgehead atoms. The highest BCUT2D eigenvalue weighted by Gasteiger charge is 2.40. The molecule has 2 aliphatic heterocycles. The molecule has 0 spiro atoms. The summed E-state index contributed by atoms with van der Waals surface area (Å²) < 4.78 is 15.2. The fourth-order valence-corrected chi connectivity index (χ4v) is 5.43. The van der Waals surface area contributed by atoms with Gasteiger partial charge in [-0.25, -0.2) is 9.37 Å². The maximum absolute atomic E-state index is 15.2. The molecule has 2 fully saturated rings. The van der Waals surface area contributed by atoms with Gasteiger partial charge in [0.25, 0.3) is 0 Å². The molecule has 11 heteroatoms. The summed E-state index contributed by atoms with van der Waals surface area (Å²) in [6, 6.07) is 5.20. The highest BCUT2D eigenvalue weighted by Crippen LogP contribution is 2.35. The molecule has 9 nitrogen and oxygen atoms in total. The molecule has 1 aromatic carbocycles. The van der Waals surface area contributed by atoms with Gasteiger partial charge in [-0.2, -0.15) is 10.1 Å². The fourth-order valence-electron chi connectivity index (χ4n) is 5.29. The molecule has 5 rings (SSSR count). The number of aromatic nitrogens is 4. The number of hydrogen-bond donors (Lipinski definition) is 4. The monoisotopic (exact) mass is 526 g/mol. The second kappa shape index (κ2) is 10.3. The number of aromatic amines is 1. The molecular formula is C26H32ClFN8O. The van der Waals surface area contributed by atoms with Gasteiger partial charge in [-0.1, -0.05) is 11.6 Å². The Morgan fingerprint density at radius 1 is 1.22 bits per heavy atom. The Kier molecular flexibility index (Phi) is 7.04. The number of benzene rings is 1. The first-order valence-corrected chi connectivity index (χ1v) is 13.0. The standard InChI is InChI=1S/C26H32ClFN8O/c1-15-11-21(31-25-29-14-19(27)23(33-25)32-22-12-16(2)34-35-22)20(28)13-18(15)17-5-9-36(10-6-17)24(37)26(3)7-4-8-30-26/h11-14,17,30H,4-10H2,1-3H3,(H3,29,31,32,33,34,35). The third-order valence-corrected chi connectivity index (χ3v) is 7.64. The first kappa shape index (κ1) is 25.4. The lowest BCUT2D eigenvalue weighted by atomic mass is 9.85. The van der Waals surface area contributed by atoms with Gasteiger partial charge in [0.05, 0.1) is 17.4 Å². The number of carbonyl (C=O) groups excluding carboxylic acids is 1. The summed E-state index contributed by atoms with van der Waals surface area (Å²) in [6.45, 7) is 8.13. The van der Waals surface area contributed by atoms with Crippen LogP contribution in [0.4, 0.5) is 27.7 Å². The molecule has 37 heavy (non-hydrogen) atoms. The van der Waals surface area contributed by atoms with E-state index in [1.54, 1.807) is 12.1 Å². The number of amides is 1. The maximum Gasteiger partial charge on any atom is 0.242 e. The molecule has 2 saturated heterocycles. The molecule has 4 N–H and O–H groups in total. The number of aryl methyl sites for hydroxylation is 2. The molecule has 0 saturated carbocycles. The minimum absolute atomic E-state index is 0.185. The zero-order valence-corrected chi connectivity index (χ0v) is 22.0. The largest absolute Gasteiger partial charge is 0.341 e. The van der Waals surface area contributed by atoms with Crippen molar-refractivity contribution in [3.63, 3.8) is 0 Å². The number of hydrogen-bond acceptors (Lipinski definition) is 7. The van der Waals surface area contributed by atoms with Crippen molar-refractivity contribution in [1.29, 1.82) is 0 Å². The highest BCUT2D eigenvalue weighted by atomic mass is 35.5. The number of likely N-dealkylation sites (tertiary alicyclic amines) is 1. The van der Waals surface area contributed by atoms with Crippen LogP contribution < -0.4 is 16.0 Å². The highest BCUT2D eigenvalue weighted by molar-refractivity contribution is 6.32. The van der Waals surface area contributed by atoms with Crippen LogP contribution in [0.15, 0.2) is 24.4 Å². The average Bonchev–Trinajstić information content (AvgIpc) is 3.51. The van der Waals surface area contributed by atoms with Gasteiger partial charge in [0.1, 0.15) is 10.8 Å². The van der Waals surface area contributed by atoms with Crippen LogP contribution in [0.1, 0.15) is 55.3 Å². The third kappa shape index (κ3) is 5.40. The van der Waals surface area contributed by atoms with Crippen molar-refractivity contribution in [2.45, 2.75) is 57.9 Å². The fraction of sp³-hybridized carbons (Fsp3) is 0.462. The number of H-pyrrole nitrogens is 1. The number of carbonyl (C=O) groups is 1. The third-order valence-electron chi connectivity index (χ3n) is 7.36. The Labute approximate surface area is 220 Å². The summed E-state index contributed by atoms with van der Waals surface area (Å²) in [7, 11) is 0.